The molecule has 1 aliphatic heterocycles. The van der Waals surface area contributed by atoms with Gasteiger partial charge in [-0.3, -0.25) is 14.6 Å². The summed E-state index contributed by atoms with van der Waals surface area (Å²) < 4.78 is 13.5. The van der Waals surface area contributed by atoms with Crippen LogP contribution < -0.4 is 0 Å². The van der Waals surface area contributed by atoms with Crippen LogP contribution in [0, 0.1) is 18.7 Å². The number of hydrogen-bond donors (Lipinski definition) is 0. The summed E-state index contributed by atoms with van der Waals surface area (Å²) in [6.45, 7) is 4.03. The third kappa shape index (κ3) is 3.53. The summed E-state index contributed by atoms with van der Waals surface area (Å²) in [6.07, 6.45) is 4.28. The van der Waals surface area contributed by atoms with E-state index in [0.717, 1.165) is 25.7 Å². The van der Waals surface area contributed by atoms with Crippen molar-refractivity contribution in [1.82, 2.24) is 14.8 Å². The Bertz CT molecular complexity index is 879. The maximum absolute atomic E-state index is 13.5. The number of aromatic nitrogens is 1. The van der Waals surface area contributed by atoms with Gasteiger partial charge in [0.25, 0.3) is 5.91 Å². The first-order chi connectivity index (χ1) is 13.0. The highest BCUT2D eigenvalue weighted by atomic mass is 19.1. The summed E-state index contributed by atoms with van der Waals surface area (Å²) in [7, 11) is 0. The van der Waals surface area contributed by atoms with Crippen LogP contribution in [-0.4, -0.2) is 52.8 Å². The van der Waals surface area contributed by atoms with Crippen molar-refractivity contribution in [2.75, 3.05) is 26.2 Å². The van der Waals surface area contributed by atoms with Gasteiger partial charge in [0.15, 0.2) is 0 Å². The van der Waals surface area contributed by atoms with Gasteiger partial charge in [-0.1, -0.05) is 12.8 Å². The van der Waals surface area contributed by atoms with Gasteiger partial charge in [0, 0.05) is 49.2 Å². The number of carbonyl (C=O) groups excluding carboxylic acids is 2. The molecule has 5 nitrogen and oxygen atoms in total. The minimum atomic E-state index is -0.363. The molecule has 2 aliphatic rings. The van der Waals surface area contributed by atoms with Crippen LogP contribution in [0.15, 0.2) is 24.3 Å². The van der Waals surface area contributed by atoms with E-state index >= 15 is 0 Å². The van der Waals surface area contributed by atoms with Gasteiger partial charge in [0.2, 0.25) is 5.91 Å². The van der Waals surface area contributed by atoms with E-state index < -0.39 is 0 Å². The van der Waals surface area contributed by atoms with Crippen LogP contribution in [0.4, 0.5) is 4.39 Å². The van der Waals surface area contributed by atoms with E-state index in [1.165, 1.54) is 12.1 Å². The van der Waals surface area contributed by atoms with Crippen LogP contribution in [-0.2, 0) is 4.79 Å². The van der Waals surface area contributed by atoms with E-state index in [2.05, 4.69) is 4.98 Å². The Balaban J connectivity index is 1.50. The number of fused-ring (bicyclic) bond motifs is 1. The van der Waals surface area contributed by atoms with Crippen molar-refractivity contribution in [2.24, 2.45) is 5.92 Å². The molecule has 27 heavy (non-hydrogen) atoms. The van der Waals surface area contributed by atoms with Crippen molar-refractivity contribution < 1.29 is 14.0 Å². The van der Waals surface area contributed by atoms with Crippen molar-refractivity contribution in [2.45, 2.75) is 32.6 Å². The van der Waals surface area contributed by atoms with Crippen LogP contribution in [0.1, 0.15) is 41.7 Å². The van der Waals surface area contributed by atoms with Crippen LogP contribution in [0.2, 0.25) is 0 Å². The topological polar surface area (TPSA) is 53.5 Å². The van der Waals surface area contributed by atoms with Crippen molar-refractivity contribution >= 4 is 22.7 Å². The van der Waals surface area contributed by atoms with E-state index in [1.54, 1.807) is 24.0 Å². The van der Waals surface area contributed by atoms with Crippen molar-refractivity contribution in [1.29, 1.82) is 0 Å². The van der Waals surface area contributed by atoms with E-state index in [4.69, 9.17) is 0 Å². The molecule has 1 saturated carbocycles. The molecule has 6 heteroatoms. The molecule has 0 atom stereocenters. The summed E-state index contributed by atoms with van der Waals surface area (Å²) in [5.74, 6) is -0.0164. The quantitative estimate of drug-likeness (QED) is 0.817. The number of aryl methyl sites for hydroxylation is 1. The lowest BCUT2D eigenvalue weighted by molar-refractivity contribution is -0.136. The highest BCUT2D eigenvalue weighted by molar-refractivity contribution is 6.06. The molecule has 0 N–H and O–H groups in total. The number of halogens is 1. The second kappa shape index (κ2) is 7.25. The molecule has 0 bridgehead atoms. The van der Waals surface area contributed by atoms with Gasteiger partial charge in [-0.05, 0) is 38.0 Å². The first kappa shape index (κ1) is 17.9. The van der Waals surface area contributed by atoms with Crippen LogP contribution in [0.5, 0.6) is 0 Å². The van der Waals surface area contributed by atoms with E-state index in [-0.39, 0.29) is 23.5 Å². The van der Waals surface area contributed by atoms with Crippen LogP contribution in [0.3, 0.4) is 0 Å². The smallest absolute Gasteiger partial charge is 0.254 e. The van der Waals surface area contributed by atoms with Crippen molar-refractivity contribution in [3.8, 4) is 0 Å². The fourth-order valence-corrected chi connectivity index (χ4v) is 4.24. The van der Waals surface area contributed by atoms with Crippen LogP contribution >= 0.6 is 0 Å². The third-order valence-corrected chi connectivity index (χ3v) is 5.71. The second-order valence-electron chi connectivity index (χ2n) is 7.57. The standard InChI is InChI=1S/C21H24FN3O2/c1-14-12-18(17-7-6-16(22)13-19(17)23-14)21(27)25-10-8-24(9-11-25)20(26)15-4-2-3-5-15/h6-7,12-13,15H,2-5,8-11H2,1H3. The van der Waals surface area contributed by atoms with Gasteiger partial charge >= 0.3 is 0 Å². The van der Waals surface area contributed by atoms with Crippen molar-refractivity contribution in [3.63, 3.8) is 0 Å². The molecule has 2 aromatic rings. The number of carbonyl (C=O) groups is 2. The first-order valence-corrected chi connectivity index (χ1v) is 9.68. The van der Waals surface area contributed by atoms with Gasteiger partial charge in [-0.2, -0.15) is 0 Å². The number of rotatable bonds is 2. The Hall–Kier alpha value is -2.50. The average Bonchev–Trinajstić information content (AvgIpc) is 3.20. The fourth-order valence-electron chi connectivity index (χ4n) is 4.24. The lowest BCUT2D eigenvalue weighted by Crippen LogP contribution is -2.51. The second-order valence-corrected chi connectivity index (χ2v) is 7.57. The van der Waals surface area contributed by atoms with Gasteiger partial charge in [-0.15, -0.1) is 0 Å². The van der Waals surface area contributed by atoms with Gasteiger partial charge in [0.1, 0.15) is 5.82 Å². The van der Waals surface area contributed by atoms with Crippen molar-refractivity contribution in [3.05, 3.63) is 41.3 Å². The maximum Gasteiger partial charge on any atom is 0.254 e. The molecule has 142 valence electrons. The fraction of sp³-hybridized carbons (Fsp3) is 0.476. The number of amides is 2. The Kier molecular flexibility index (Phi) is 4.81. The molecule has 1 aromatic heterocycles. The van der Waals surface area contributed by atoms with Crippen LogP contribution in [0.25, 0.3) is 10.9 Å². The predicted molar refractivity (Wildman–Crippen MR) is 101 cm³/mol. The Morgan fingerprint density at radius 3 is 2.41 bits per heavy atom. The molecule has 1 aromatic carbocycles. The molecule has 0 spiro atoms. The zero-order valence-electron chi connectivity index (χ0n) is 15.6. The lowest BCUT2D eigenvalue weighted by atomic mass is 10.0. The number of nitrogens with zero attached hydrogens (tertiary/aromatic N) is 3. The lowest BCUT2D eigenvalue weighted by Gasteiger charge is -2.36. The largest absolute Gasteiger partial charge is 0.339 e. The highest BCUT2D eigenvalue weighted by Gasteiger charge is 2.31. The SMILES string of the molecule is Cc1cc(C(=O)N2CCN(C(=O)C3CCCC3)CC2)c2ccc(F)cc2n1. The number of pyridine rings is 1. The molecule has 0 radical (unpaired) electrons. The summed E-state index contributed by atoms with van der Waals surface area (Å²) in [5, 5.41) is 0.663. The normalized spacial score (nSPS) is 18.3. The molecule has 4 rings (SSSR count). The predicted octanol–water partition coefficient (Wildman–Crippen LogP) is 3.16. The van der Waals surface area contributed by atoms with E-state index in [9.17, 15) is 14.0 Å². The summed E-state index contributed by atoms with van der Waals surface area (Å²) in [5.41, 5.74) is 1.73. The molecular formula is C21H24FN3O2. The summed E-state index contributed by atoms with van der Waals surface area (Å²) in [6, 6.07) is 6.09. The van der Waals surface area contributed by atoms with Gasteiger partial charge < -0.3 is 9.80 Å². The molecule has 2 amide bonds. The Morgan fingerprint density at radius 2 is 1.70 bits per heavy atom. The monoisotopic (exact) mass is 369 g/mol. The molecule has 1 aliphatic carbocycles. The molecular weight excluding hydrogens is 345 g/mol. The van der Waals surface area contributed by atoms with E-state index in [1.807, 2.05) is 4.90 Å². The summed E-state index contributed by atoms with van der Waals surface area (Å²) in [4.78, 5) is 33.7. The molecule has 0 unspecified atom stereocenters. The Morgan fingerprint density at radius 1 is 1.04 bits per heavy atom. The van der Waals surface area contributed by atoms with Gasteiger partial charge in [-0.25, -0.2) is 4.39 Å². The summed E-state index contributed by atoms with van der Waals surface area (Å²) >= 11 is 0. The zero-order valence-corrected chi connectivity index (χ0v) is 15.6. The van der Waals surface area contributed by atoms with E-state index in [0.29, 0.717) is 48.3 Å². The highest BCUT2D eigenvalue weighted by Crippen LogP contribution is 2.27. The maximum atomic E-state index is 13.5. The number of piperazine rings is 1. The van der Waals surface area contributed by atoms with Gasteiger partial charge in [0.05, 0.1) is 11.1 Å². The number of hydrogen-bond acceptors (Lipinski definition) is 3. The molecule has 2 heterocycles. The minimum Gasteiger partial charge on any atom is -0.339 e. The average molecular weight is 369 g/mol. The third-order valence-electron chi connectivity index (χ3n) is 5.71. The molecule has 1 saturated heterocycles. The molecule has 2 fully saturated rings. The Labute approximate surface area is 158 Å². The first-order valence-electron chi connectivity index (χ1n) is 9.68. The zero-order chi connectivity index (χ0) is 19.0. The number of benzene rings is 1. The minimum absolute atomic E-state index is 0.0786.